The van der Waals surface area contributed by atoms with Gasteiger partial charge in [-0.25, -0.2) is 0 Å². The molecule has 0 radical (unpaired) electrons. The Balaban J connectivity index is 2.00. The van der Waals surface area contributed by atoms with Gasteiger partial charge < -0.3 is 10.8 Å². The Morgan fingerprint density at radius 3 is 2.08 bits per heavy atom. The smallest absolute Gasteiger partial charge is 0.394 e. The topological polar surface area (TPSA) is 46.2 Å². The number of nitrogens with two attached hydrogens (primary N) is 1. The molecule has 0 heterocycles. The highest BCUT2D eigenvalue weighted by atomic mass is 19.4. The number of halogens is 3. The van der Waals surface area contributed by atoms with Gasteiger partial charge in [-0.05, 0) is 24.7 Å². The molecule has 3 aliphatic rings. The van der Waals surface area contributed by atoms with Crippen LogP contribution in [0.25, 0.3) is 0 Å². The van der Waals surface area contributed by atoms with Crippen molar-refractivity contribution in [3.05, 3.63) is 0 Å². The van der Waals surface area contributed by atoms with Crippen LogP contribution in [0.4, 0.5) is 13.2 Å². The fourth-order valence-corrected chi connectivity index (χ4v) is 2.75. The number of hydrogen-bond acceptors (Lipinski definition) is 2. The van der Waals surface area contributed by atoms with Crippen LogP contribution in [0.2, 0.25) is 0 Å². The quantitative estimate of drug-likeness (QED) is 0.691. The molecule has 76 valence electrons. The van der Waals surface area contributed by atoms with Crippen LogP contribution < -0.4 is 5.73 Å². The molecule has 0 amide bonds. The average Bonchev–Trinajstić information content (AvgIpc) is 1.77. The molecule has 5 heteroatoms. The first-order valence-electron chi connectivity index (χ1n) is 4.28. The van der Waals surface area contributed by atoms with E-state index in [0.29, 0.717) is 0 Å². The van der Waals surface area contributed by atoms with Crippen LogP contribution in [-0.2, 0) is 0 Å². The largest absolute Gasteiger partial charge is 0.395 e. The summed E-state index contributed by atoms with van der Waals surface area (Å²) < 4.78 is 37.1. The minimum absolute atomic E-state index is 0.116. The molecule has 0 spiro atoms. The molecule has 3 fully saturated rings. The Labute approximate surface area is 73.9 Å². The Morgan fingerprint density at radius 2 is 1.77 bits per heavy atom. The third-order valence-electron chi connectivity index (χ3n) is 3.66. The van der Waals surface area contributed by atoms with Gasteiger partial charge in [0.25, 0.3) is 0 Å². The van der Waals surface area contributed by atoms with Crippen LogP contribution in [0.3, 0.4) is 0 Å². The molecule has 3 saturated carbocycles. The van der Waals surface area contributed by atoms with Crippen LogP contribution in [-0.4, -0.2) is 23.9 Å². The number of rotatable bonds is 2. The van der Waals surface area contributed by atoms with Crippen LogP contribution in [0.1, 0.15) is 19.3 Å². The summed E-state index contributed by atoms with van der Waals surface area (Å²) >= 11 is 0. The van der Waals surface area contributed by atoms with Crippen molar-refractivity contribution < 1.29 is 18.3 Å². The Morgan fingerprint density at radius 1 is 1.31 bits per heavy atom. The standard InChI is InChI=1S/C8H12F3NO/c9-8(10,11)7-2-6(3-7,4-7)5(12)1-13/h5,13H,1-4,12H2/t5-,6?,7?/m1/s1. The van der Waals surface area contributed by atoms with Crippen LogP contribution in [0, 0.1) is 10.8 Å². The summed E-state index contributed by atoms with van der Waals surface area (Å²) in [7, 11) is 0. The fraction of sp³-hybridized carbons (Fsp3) is 1.00. The van der Waals surface area contributed by atoms with Gasteiger partial charge in [0.2, 0.25) is 0 Å². The first-order chi connectivity index (χ1) is 5.85. The summed E-state index contributed by atoms with van der Waals surface area (Å²) in [6.07, 6.45) is -3.73. The van der Waals surface area contributed by atoms with E-state index in [9.17, 15) is 13.2 Å². The van der Waals surface area contributed by atoms with Gasteiger partial charge in [-0.3, -0.25) is 0 Å². The highest BCUT2D eigenvalue weighted by Crippen LogP contribution is 2.79. The molecule has 3 N–H and O–H groups in total. The van der Waals surface area contributed by atoms with Crippen molar-refractivity contribution >= 4 is 0 Å². The Hall–Kier alpha value is -0.290. The lowest BCUT2D eigenvalue weighted by atomic mass is 9.33. The van der Waals surface area contributed by atoms with Crippen molar-refractivity contribution in [3.8, 4) is 0 Å². The lowest BCUT2D eigenvalue weighted by molar-refractivity contribution is -0.368. The van der Waals surface area contributed by atoms with Crippen LogP contribution in [0.5, 0.6) is 0 Å². The SMILES string of the molecule is N[C@H](CO)C12CC(C(F)(F)F)(C1)C2. The van der Waals surface area contributed by atoms with Crippen molar-refractivity contribution in [2.24, 2.45) is 16.6 Å². The zero-order valence-electron chi connectivity index (χ0n) is 7.06. The van der Waals surface area contributed by atoms with E-state index in [1.165, 1.54) is 0 Å². The first kappa shape index (κ1) is 9.27. The summed E-state index contributed by atoms with van der Waals surface area (Å²) in [6.45, 7) is -0.214. The molecule has 2 nitrogen and oxygen atoms in total. The fourth-order valence-electron chi connectivity index (χ4n) is 2.75. The Kier molecular flexibility index (Phi) is 1.57. The number of alkyl halides is 3. The zero-order chi connectivity index (χ0) is 9.91. The van der Waals surface area contributed by atoms with E-state index in [2.05, 4.69) is 0 Å². The van der Waals surface area contributed by atoms with Gasteiger partial charge in [0, 0.05) is 6.04 Å². The molecule has 1 atom stereocenters. The lowest BCUT2D eigenvalue weighted by Gasteiger charge is -2.72. The summed E-state index contributed by atoms with van der Waals surface area (Å²) in [5.74, 6) is 0. The predicted molar refractivity (Wildman–Crippen MR) is 39.8 cm³/mol. The van der Waals surface area contributed by atoms with Gasteiger partial charge in [-0.2, -0.15) is 13.2 Å². The minimum atomic E-state index is -4.08. The monoisotopic (exact) mass is 195 g/mol. The molecule has 3 aliphatic carbocycles. The van der Waals surface area contributed by atoms with E-state index in [0.717, 1.165) is 0 Å². The first-order valence-corrected chi connectivity index (χ1v) is 4.28. The molecule has 0 aromatic heterocycles. The molecule has 0 aromatic rings. The van der Waals surface area contributed by atoms with Gasteiger partial charge in [-0.1, -0.05) is 0 Å². The van der Waals surface area contributed by atoms with Crippen LogP contribution >= 0.6 is 0 Å². The van der Waals surface area contributed by atoms with Crippen molar-refractivity contribution in [3.63, 3.8) is 0 Å². The second-order valence-electron chi connectivity index (χ2n) is 4.46. The van der Waals surface area contributed by atoms with E-state index in [1.54, 1.807) is 0 Å². The minimum Gasteiger partial charge on any atom is -0.395 e. The third kappa shape index (κ3) is 0.916. The van der Waals surface area contributed by atoms with Gasteiger partial charge in [0.1, 0.15) is 0 Å². The number of hydrogen-bond donors (Lipinski definition) is 2. The molecular weight excluding hydrogens is 183 g/mol. The molecule has 0 unspecified atom stereocenters. The van der Waals surface area contributed by atoms with E-state index < -0.39 is 23.0 Å². The van der Waals surface area contributed by atoms with E-state index in [-0.39, 0.29) is 25.9 Å². The molecular formula is C8H12F3NO. The Bertz CT molecular complexity index is 218. The molecule has 0 saturated heterocycles. The molecule has 0 aliphatic heterocycles. The lowest BCUT2D eigenvalue weighted by Crippen LogP contribution is -2.74. The summed E-state index contributed by atoms with van der Waals surface area (Å²) in [4.78, 5) is 0. The average molecular weight is 195 g/mol. The third-order valence-corrected chi connectivity index (χ3v) is 3.66. The predicted octanol–water partition coefficient (Wildman–Crippen LogP) is 1.04. The van der Waals surface area contributed by atoms with E-state index in [4.69, 9.17) is 10.8 Å². The van der Waals surface area contributed by atoms with Crippen molar-refractivity contribution in [2.45, 2.75) is 31.5 Å². The highest BCUT2D eigenvalue weighted by molar-refractivity contribution is 5.22. The van der Waals surface area contributed by atoms with E-state index >= 15 is 0 Å². The van der Waals surface area contributed by atoms with Gasteiger partial charge in [0.15, 0.2) is 0 Å². The molecule has 3 rings (SSSR count). The van der Waals surface area contributed by atoms with E-state index in [1.807, 2.05) is 0 Å². The van der Waals surface area contributed by atoms with Crippen LogP contribution in [0.15, 0.2) is 0 Å². The molecule has 2 bridgehead atoms. The maximum atomic E-state index is 12.4. The molecule has 0 aromatic carbocycles. The van der Waals surface area contributed by atoms with Gasteiger partial charge in [0.05, 0.1) is 12.0 Å². The molecule has 13 heavy (non-hydrogen) atoms. The second-order valence-corrected chi connectivity index (χ2v) is 4.46. The van der Waals surface area contributed by atoms with Crippen molar-refractivity contribution in [2.75, 3.05) is 6.61 Å². The normalized spacial score (nSPS) is 45.0. The van der Waals surface area contributed by atoms with Crippen molar-refractivity contribution in [1.82, 2.24) is 0 Å². The summed E-state index contributed by atoms with van der Waals surface area (Å²) in [6, 6.07) is -0.475. The maximum absolute atomic E-state index is 12.4. The van der Waals surface area contributed by atoms with Gasteiger partial charge in [-0.15, -0.1) is 0 Å². The highest BCUT2D eigenvalue weighted by Gasteiger charge is 2.79. The zero-order valence-corrected chi connectivity index (χ0v) is 7.06. The second kappa shape index (κ2) is 2.20. The number of aliphatic hydroxyl groups excluding tert-OH is 1. The van der Waals surface area contributed by atoms with Crippen molar-refractivity contribution in [1.29, 1.82) is 0 Å². The summed E-state index contributed by atoms with van der Waals surface area (Å²) in [5.41, 5.74) is 3.69. The summed E-state index contributed by atoms with van der Waals surface area (Å²) in [5, 5.41) is 8.74. The maximum Gasteiger partial charge on any atom is 0.394 e. The number of aliphatic hydroxyl groups is 1. The van der Waals surface area contributed by atoms with Gasteiger partial charge >= 0.3 is 6.18 Å².